The molecular weight excluding hydrogens is 254 g/mol. The first kappa shape index (κ1) is 12.2. The molecule has 0 fully saturated rings. The number of aromatic nitrogens is 2. The first-order valence-electron chi connectivity index (χ1n) is 6.22. The van der Waals surface area contributed by atoms with Crippen LogP contribution in [0.25, 0.3) is 10.9 Å². The summed E-state index contributed by atoms with van der Waals surface area (Å²) in [6.45, 7) is 1.69. The number of pyridine rings is 1. The lowest BCUT2D eigenvalue weighted by atomic mass is 10.1. The highest BCUT2D eigenvalue weighted by atomic mass is 16.1. The summed E-state index contributed by atoms with van der Waals surface area (Å²) in [6.07, 6.45) is 3.17. The van der Waals surface area contributed by atoms with E-state index in [2.05, 4.69) is 15.3 Å². The van der Waals surface area contributed by atoms with Crippen LogP contribution in [0.3, 0.4) is 0 Å². The van der Waals surface area contributed by atoms with Crippen molar-refractivity contribution >= 4 is 22.5 Å². The molecule has 3 rings (SSSR count). The number of hydrogen-bond acceptors (Lipinski definition) is 2. The van der Waals surface area contributed by atoms with E-state index in [1.165, 1.54) is 6.20 Å². The quantitative estimate of drug-likeness (QED) is 0.666. The third kappa shape index (κ3) is 2.09. The van der Waals surface area contributed by atoms with Crippen LogP contribution >= 0.6 is 0 Å². The van der Waals surface area contributed by atoms with Gasteiger partial charge in [0, 0.05) is 28.9 Å². The largest absolute Gasteiger partial charge is 0.360 e. The van der Waals surface area contributed by atoms with Crippen molar-refractivity contribution in [3.63, 3.8) is 0 Å². The summed E-state index contributed by atoms with van der Waals surface area (Å²) in [7, 11) is 0. The lowest BCUT2D eigenvalue weighted by molar-refractivity contribution is 0.102. The van der Waals surface area contributed by atoms with E-state index in [9.17, 15) is 9.59 Å². The summed E-state index contributed by atoms with van der Waals surface area (Å²) in [5.41, 5.74) is 2.45. The molecule has 2 aromatic heterocycles. The number of carbonyl (C=O) groups is 1. The van der Waals surface area contributed by atoms with E-state index < -0.39 is 0 Å². The molecule has 100 valence electrons. The van der Waals surface area contributed by atoms with Crippen molar-refractivity contribution in [3.05, 3.63) is 64.2 Å². The van der Waals surface area contributed by atoms with Gasteiger partial charge in [0.1, 0.15) is 0 Å². The molecule has 0 atom stereocenters. The molecule has 0 aliphatic carbocycles. The van der Waals surface area contributed by atoms with E-state index >= 15 is 0 Å². The Morgan fingerprint density at radius 3 is 2.75 bits per heavy atom. The number of fused-ring (bicyclic) bond motifs is 1. The molecule has 0 aliphatic rings. The first-order valence-corrected chi connectivity index (χ1v) is 6.22. The fourth-order valence-electron chi connectivity index (χ4n) is 2.13. The van der Waals surface area contributed by atoms with Gasteiger partial charge < -0.3 is 15.3 Å². The van der Waals surface area contributed by atoms with E-state index in [0.717, 1.165) is 10.9 Å². The lowest BCUT2D eigenvalue weighted by Gasteiger charge is -2.04. The molecule has 0 unspecified atom stereocenters. The Morgan fingerprint density at radius 2 is 1.95 bits per heavy atom. The minimum atomic E-state index is -0.214. The number of aryl methyl sites for hydroxylation is 1. The van der Waals surface area contributed by atoms with Gasteiger partial charge in [0.25, 0.3) is 11.5 Å². The number of anilines is 1. The van der Waals surface area contributed by atoms with E-state index in [1.807, 2.05) is 24.3 Å². The Bertz CT molecular complexity index is 845. The molecule has 5 nitrogen and oxygen atoms in total. The van der Waals surface area contributed by atoms with Gasteiger partial charge in [0.15, 0.2) is 0 Å². The topological polar surface area (TPSA) is 77.8 Å². The molecule has 2 heterocycles. The zero-order valence-electron chi connectivity index (χ0n) is 10.9. The van der Waals surface area contributed by atoms with Crippen LogP contribution in [0, 0.1) is 6.92 Å². The van der Waals surface area contributed by atoms with Crippen LogP contribution in [0.2, 0.25) is 0 Å². The Hall–Kier alpha value is -2.82. The predicted molar refractivity (Wildman–Crippen MR) is 78.1 cm³/mol. The SMILES string of the molecule is Cc1cc(NC(=O)c2c[nH]c3ccccc23)c[nH]c1=O. The van der Waals surface area contributed by atoms with Gasteiger partial charge in [0.05, 0.1) is 11.3 Å². The van der Waals surface area contributed by atoms with E-state index in [0.29, 0.717) is 16.8 Å². The standard InChI is InChI=1S/C15H13N3O2/c1-9-6-10(7-17-14(9)19)18-15(20)12-8-16-13-5-3-2-4-11(12)13/h2-8,16H,1H3,(H,17,19)(H,18,20). The third-order valence-electron chi connectivity index (χ3n) is 3.18. The highest BCUT2D eigenvalue weighted by molar-refractivity contribution is 6.12. The van der Waals surface area contributed by atoms with Crippen LogP contribution < -0.4 is 10.9 Å². The maximum absolute atomic E-state index is 12.3. The molecule has 0 saturated heterocycles. The molecule has 0 radical (unpaired) electrons. The molecule has 20 heavy (non-hydrogen) atoms. The number of rotatable bonds is 2. The van der Waals surface area contributed by atoms with Crippen LogP contribution in [0.15, 0.2) is 47.5 Å². The maximum atomic E-state index is 12.3. The summed E-state index contributed by atoms with van der Waals surface area (Å²) in [4.78, 5) is 29.2. The number of nitrogens with one attached hydrogen (secondary N) is 3. The number of carbonyl (C=O) groups excluding carboxylic acids is 1. The average molecular weight is 267 g/mol. The van der Waals surface area contributed by atoms with Crippen molar-refractivity contribution in [3.8, 4) is 0 Å². The Balaban J connectivity index is 1.93. The molecule has 1 amide bonds. The molecule has 0 bridgehead atoms. The van der Waals surface area contributed by atoms with Gasteiger partial charge in [-0.3, -0.25) is 9.59 Å². The summed E-state index contributed by atoms with van der Waals surface area (Å²) in [5, 5.41) is 3.64. The van der Waals surface area contributed by atoms with Crippen molar-refractivity contribution in [2.24, 2.45) is 0 Å². The van der Waals surface area contributed by atoms with Crippen molar-refractivity contribution in [2.75, 3.05) is 5.32 Å². The van der Waals surface area contributed by atoms with Crippen LogP contribution in [-0.2, 0) is 0 Å². The average Bonchev–Trinajstić information content (AvgIpc) is 2.87. The van der Waals surface area contributed by atoms with Gasteiger partial charge in [-0.25, -0.2) is 0 Å². The Kier molecular flexibility index (Phi) is 2.87. The van der Waals surface area contributed by atoms with Gasteiger partial charge in [-0.2, -0.15) is 0 Å². The molecule has 3 aromatic rings. The highest BCUT2D eigenvalue weighted by Crippen LogP contribution is 2.18. The van der Waals surface area contributed by atoms with E-state index in [1.54, 1.807) is 19.2 Å². The molecule has 0 saturated carbocycles. The minimum absolute atomic E-state index is 0.157. The number of H-pyrrole nitrogens is 2. The third-order valence-corrected chi connectivity index (χ3v) is 3.18. The highest BCUT2D eigenvalue weighted by Gasteiger charge is 2.12. The van der Waals surface area contributed by atoms with Gasteiger partial charge in [-0.15, -0.1) is 0 Å². The predicted octanol–water partition coefficient (Wildman–Crippen LogP) is 2.42. The van der Waals surface area contributed by atoms with Crippen LogP contribution in [-0.4, -0.2) is 15.9 Å². The fourth-order valence-corrected chi connectivity index (χ4v) is 2.13. The Labute approximate surface area is 114 Å². The monoisotopic (exact) mass is 267 g/mol. The summed E-state index contributed by atoms with van der Waals surface area (Å²) in [5.74, 6) is -0.214. The zero-order valence-corrected chi connectivity index (χ0v) is 10.9. The minimum Gasteiger partial charge on any atom is -0.360 e. The lowest BCUT2D eigenvalue weighted by Crippen LogP contribution is -2.15. The maximum Gasteiger partial charge on any atom is 0.257 e. The van der Waals surface area contributed by atoms with Crippen molar-refractivity contribution in [1.29, 1.82) is 0 Å². The van der Waals surface area contributed by atoms with Crippen LogP contribution in [0.1, 0.15) is 15.9 Å². The van der Waals surface area contributed by atoms with Crippen molar-refractivity contribution in [1.82, 2.24) is 9.97 Å². The summed E-state index contributed by atoms with van der Waals surface area (Å²) < 4.78 is 0. The molecular formula is C15H13N3O2. The van der Waals surface area contributed by atoms with Crippen LogP contribution in [0.5, 0.6) is 0 Å². The van der Waals surface area contributed by atoms with Crippen molar-refractivity contribution in [2.45, 2.75) is 6.92 Å². The molecule has 0 aliphatic heterocycles. The normalized spacial score (nSPS) is 10.7. The number of hydrogen-bond donors (Lipinski definition) is 3. The number of aromatic amines is 2. The van der Waals surface area contributed by atoms with Crippen molar-refractivity contribution < 1.29 is 4.79 Å². The van der Waals surface area contributed by atoms with Gasteiger partial charge in [-0.1, -0.05) is 18.2 Å². The van der Waals surface area contributed by atoms with E-state index in [-0.39, 0.29) is 11.5 Å². The second-order valence-electron chi connectivity index (χ2n) is 4.60. The number of benzene rings is 1. The Morgan fingerprint density at radius 1 is 1.15 bits per heavy atom. The van der Waals surface area contributed by atoms with Gasteiger partial charge >= 0.3 is 0 Å². The van der Waals surface area contributed by atoms with Crippen LogP contribution in [0.4, 0.5) is 5.69 Å². The molecule has 1 aromatic carbocycles. The smallest absolute Gasteiger partial charge is 0.257 e. The molecule has 0 spiro atoms. The molecule has 3 N–H and O–H groups in total. The summed E-state index contributed by atoms with van der Waals surface area (Å²) >= 11 is 0. The van der Waals surface area contributed by atoms with E-state index in [4.69, 9.17) is 0 Å². The number of amides is 1. The van der Waals surface area contributed by atoms with Gasteiger partial charge in [-0.05, 0) is 19.1 Å². The fraction of sp³-hybridized carbons (Fsp3) is 0.0667. The second kappa shape index (κ2) is 4.70. The first-order chi connectivity index (χ1) is 9.65. The summed E-state index contributed by atoms with van der Waals surface area (Å²) in [6, 6.07) is 9.24. The zero-order chi connectivity index (χ0) is 14.1. The molecule has 5 heteroatoms. The number of para-hydroxylation sites is 1. The van der Waals surface area contributed by atoms with Gasteiger partial charge in [0.2, 0.25) is 0 Å². The second-order valence-corrected chi connectivity index (χ2v) is 4.60.